The molecule has 2 N–H and O–H groups in total. The first-order chi connectivity index (χ1) is 9.81. The summed E-state index contributed by atoms with van der Waals surface area (Å²) in [7, 11) is 2.25. The summed E-state index contributed by atoms with van der Waals surface area (Å²) in [4.78, 5) is 5.17. The van der Waals surface area contributed by atoms with Crippen molar-refractivity contribution in [2.45, 2.75) is 31.1 Å². The molecule has 1 aromatic carbocycles. The van der Waals surface area contributed by atoms with Gasteiger partial charge in [-0.1, -0.05) is 24.3 Å². The molecule has 0 amide bonds. The highest BCUT2D eigenvalue weighted by Crippen LogP contribution is 2.52. The lowest BCUT2D eigenvalue weighted by Crippen LogP contribution is -2.47. The largest absolute Gasteiger partial charge is 0.412 e. The molecule has 3 aliphatic carbocycles. The predicted molar refractivity (Wildman–Crippen MR) is 86.8 cm³/mol. The molecule has 1 heterocycles. The van der Waals surface area contributed by atoms with Crippen molar-refractivity contribution in [3.63, 3.8) is 0 Å². The van der Waals surface area contributed by atoms with Gasteiger partial charge in [-0.05, 0) is 55.2 Å². The van der Waals surface area contributed by atoms with Crippen molar-refractivity contribution in [3.8, 4) is 0 Å². The fraction of sp³-hybridized carbons (Fsp3) is 0.667. The Morgan fingerprint density at radius 3 is 2.48 bits per heavy atom. The molecule has 1 aliphatic heterocycles. The summed E-state index contributed by atoms with van der Waals surface area (Å²) >= 11 is 0. The first-order valence-corrected chi connectivity index (χ1v) is 8.31. The van der Waals surface area contributed by atoms with E-state index in [4.69, 9.17) is 0 Å². The summed E-state index contributed by atoms with van der Waals surface area (Å²) in [5.41, 5.74) is 3.37. The number of hydrogen-bond acceptors (Lipinski definition) is 2. The summed E-state index contributed by atoms with van der Waals surface area (Å²) in [6, 6.07) is 9.27. The van der Waals surface area contributed by atoms with Gasteiger partial charge in [0, 0.05) is 32.7 Å². The Bertz CT molecular complexity index is 482. The zero-order valence-corrected chi connectivity index (χ0v) is 13.1. The molecule has 2 bridgehead atoms. The van der Waals surface area contributed by atoms with Crippen LogP contribution in [0, 0.1) is 5.92 Å². The van der Waals surface area contributed by atoms with Crippen LogP contribution >= 0.6 is 0 Å². The molecule has 0 radical (unpaired) electrons. The minimum atomic E-state index is 0. The minimum Gasteiger partial charge on any atom is -0.412 e. The molecule has 3 nitrogen and oxygen atoms in total. The smallest absolute Gasteiger partial charge is 0.0110 e. The van der Waals surface area contributed by atoms with Crippen LogP contribution in [0.4, 0.5) is 0 Å². The Kier molecular flexibility index (Phi) is 4.34. The van der Waals surface area contributed by atoms with Crippen molar-refractivity contribution in [1.29, 1.82) is 0 Å². The zero-order valence-electron chi connectivity index (χ0n) is 13.1. The lowest BCUT2D eigenvalue weighted by molar-refractivity contribution is 0.109. The third-order valence-electron chi connectivity index (χ3n) is 5.91. The summed E-state index contributed by atoms with van der Waals surface area (Å²) < 4.78 is 0. The highest BCUT2D eigenvalue weighted by Gasteiger charge is 2.39. The number of rotatable bonds is 2. The topological polar surface area (TPSA) is 38.0 Å². The van der Waals surface area contributed by atoms with E-state index < -0.39 is 0 Å². The van der Waals surface area contributed by atoms with Crippen molar-refractivity contribution in [2.24, 2.45) is 5.92 Å². The Hall–Kier alpha value is -0.900. The molecule has 1 saturated carbocycles. The van der Waals surface area contributed by atoms with E-state index in [1.807, 2.05) is 0 Å². The van der Waals surface area contributed by atoms with Gasteiger partial charge < -0.3 is 15.3 Å². The minimum absolute atomic E-state index is 0. The third kappa shape index (κ3) is 2.75. The maximum atomic E-state index is 2.72. The maximum Gasteiger partial charge on any atom is 0.0110 e. The number of fused-ring (bicyclic) bond motifs is 2. The van der Waals surface area contributed by atoms with Crippen molar-refractivity contribution in [1.82, 2.24) is 9.80 Å². The van der Waals surface area contributed by atoms with E-state index in [9.17, 15) is 0 Å². The number of nitrogens with zero attached hydrogens (tertiary/aromatic N) is 2. The molecule has 116 valence electrons. The van der Waals surface area contributed by atoms with Gasteiger partial charge in [0.1, 0.15) is 0 Å². The van der Waals surface area contributed by atoms with E-state index in [0.717, 1.165) is 17.8 Å². The molecule has 3 heteroatoms. The van der Waals surface area contributed by atoms with Gasteiger partial charge in [-0.25, -0.2) is 0 Å². The predicted octanol–water partition coefficient (Wildman–Crippen LogP) is 2.09. The van der Waals surface area contributed by atoms with Crippen LogP contribution in [0.15, 0.2) is 24.3 Å². The quantitative estimate of drug-likeness (QED) is 0.836. The first kappa shape index (κ1) is 15.0. The summed E-state index contributed by atoms with van der Waals surface area (Å²) in [6.07, 6.45) is 4.30. The van der Waals surface area contributed by atoms with Gasteiger partial charge >= 0.3 is 0 Å². The van der Waals surface area contributed by atoms with Crippen molar-refractivity contribution in [3.05, 3.63) is 35.4 Å². The Morgan fingerprint density at radius 2 is 1.71 bits per heavy atom. The molecule has 21 heavy (non-hydrogen) atoms. The lowest BCUT2D eigenvalue weighted by Gasteiger charge is -2.46. The van der Waals surface area contributed by atoms with Gasteiger partial charge in [-0.15, -0.1) is 0 Å². The Balaban J connectivity index is 0.00000132. The van der Waals surface area contributed by atoms with Crippen LogP contribution < -0.4 is 0 Å². The average Bonchev–Trinajstić information content (AvgIpc) is 2.51. The van der Waals surface area contributed by atoms with Crippen LogP contribution in [-0.4, -0.2) is 55.0 Å². The van der Waals surface area contributed by atoms with E-state index in [1.165, 1.54) is 52.0 Å². The maximum absolute atomic E-state index is 2.72. The zero-order chi connectivity index (χ0) is 13.5. The molecule has 2 fully saturated rings. The fourth-order valence-corrected chi connectivity index (χ4v) is 4.74. The van der Waals surface area contributed by atoms with E-state index >= 15 is 0 Å². The fourth-order valence-electron chi connectivity index (χ4n) is 4.74. The van der Waals surface area contributed by atoms with Crippen LogP contribution in [0.1, 0.15) is 42.2 Å². The molecule has 0 spiro atoms. The molecule has 3 unspecified atom stereocenters. The molecule has 5 rings (SSSR count). The molecule has 4 aliphatic rings. The number of hydrogen-bond donors (Lipinski definition) is 0. The second kappa shape index (κ2) is 6.07. The average molecular weight is 288 g/mol. The molecular weight excluding hydrogens is 260 g/mol. The van der Waals surface area contributed by atoms with E-state index in [-0.39, 0.29) is 5.48 Å². The standard InChI is InChI=1S/C18H26N2.H2O/c1-19-8-10-20(11-9-19)13-15-12-14-6-7-17(15)18-5-3-2-4-16(14)18;/h2-5,14-15,17H,6-13H2,1H3;1H2. The monoisotopic (exact) mass is 288 g/mol. The van der Waals surface area contributed by atoms with Gasteiger partial charge in [0.15, 0.2) is 0 Å². The van der Waals surface area contributed by atoms with Gasteiger partial charge in [-0.2, -0.15) is 0 Å². The van der Waals surface area contributed by atoms with Gasteiger partial charge in [0.2, 0.25) is 0 Å². The highest BCUT2D eigenvalue weighted by molar-refractivity contribution is 5.39. The van der Waals surface area contributed by atoms with Gasteiger partial charge in [-0.3, -0.25) is 0 Å². The summed E-state index contributed by atoms with van der Waals surface area (Å²) in [5, 5.41) is 0. The van der Waals surface area contributed by atoms with Gasteiger partial charge in [0.25, 0.3) is 0 Å². The second-order valence-corrected chi connectivity index (χ2v) is 7.11. The highest BCUT2D eigenvalue weighted by atomic mass is 16.0. The number of benzene rings is 1. The summed E-state index contributed by atoms with van der Waals surface area (Å²) in [5.74, 6) is 2.61. The number of likely N-dealkylation sites (N-methyl/N-ethyl adjacent to an activating group) is 1. The van der Waals surface area contributed by atoms with Crippen LogP contribution in [0.2, 0.25) is 0 Å². The number of piperazine rings is 1. The Morgan fingerprint density at radius 1 is 1.00 bits per heavy atom. The Labute approximate surface area is 128 Å². The van der Waals surface area contributed by atoms with Crippen LogP contribution in [-0.2, 0) is 0 Å². The van der Waals surface area contributed by atoms with Gasteiger partial charge in [0.05, 0.1) is 0 Å². The first-order valence-electron chi connectivity index (χ1n) is 8.31. The molecule has 1 saturated heterocycles. The normalized spacial score (nSPS) is 32.5. The van der Waals surface area contributed by atoms with Crippen LogP contribution in [0.5, 0.6) is 0 Å². The van der Waals surface area contributed by atoms with Crippen molar-refractivity contribution < 1.29 is 5.48 Å². The third-order valence-corrected chi connectivity index (χ3v) is 5.91. The van der Waals surface area contributed by atoms with Crippen LogP contribution in [0.25, 0.3) is 0 Å². The SMILES string of the molecule is CN1CCN(CC2CC3CCC2c2ccccc23)CC1.O. The van der Waals surface area contributed by atoms with Crippen molar-refractivity contribution in [2.75, 3.05) is 39.8 Å². The van der Waals surface area contributed by atoms with Crippen LogP contribution in [0.3, 0.4) is 0 Å². The molecular formula is C18H28N2O. The summed E-state index contributed by atoms with van der Waals surface area (Å²) in [6.45, 7) is 6.37. The second-order valence-electron chi connectivity index (χ2n) is 7.11. The van der Waals surface area contributed by atoms with E-state index in [0.29, 0.717) is 0 Å². The van der Waals surface area contributed by atoms with E-state index in [2.05, 4.69) is 41.1 Å². The van der Waals surface area contributed by atoms with Crippen molar-refractivity contribution >= 4 is 0 Å². The molecule has 1 aromatic rings. The molecule has 3 atom stereocenters. The van der Waals surface area contributed by atoms with E-state index in [1.54, 1.807) is 11.1 Å². The molecule has 0 aromatic heterocycles. The lowest BCUT2D eigenvalue weighted by atomic mass is 9.61.